The number of ether oxygens (including phenoxy) is 1. The van der Waals surface area contributed by atoms with E-state index in [4.69, 9.17) is 4.74 Å². The molecular formula is C13H16BrNO4S. The van der Waals surface area contributed by atoms with Crippen LogP contribution in [0.4, 0.5) is 0 Å². The molecule has 1 aromatic rings. The van der Waals surface area contributed by atoms with E-state index in [1.165, 1.54) is 11.3 Å². The third-order valence-corrected chi connectivity index (χ3v) is 4.78. The van der Waals surface area contributed by atoms with Crippen LogP contribution in [0.5, 0.6) is 0 Å². The lowest BCUT2D eigenvalue weighted by Crippen LogP contribution is -2.52. The molecule has 1 aliphatic heterocycles. The van der Waals surface area contributed by atoms with Crippen molar-refractivity contribution >= 4 is 39.1 Å². The molecule has 1 fully saturated rings. The SMILES string of the molecule is CC(C)CN1C(=O)COC(C(=O)O)C1c1cc(Br)cs1. The van der Waals surface area contributed by atoms with E-state index >= 15 is 0 Å². The zero-order chi connectivity index (χ0) is 14.9. The van der Waals surface area contributed by atoms with Gasteiger partial charge in [0.25, 0.3) is 0 Å². The van der Waals surface area contributed by atoms with Crippen LogP contribution in [0.3, 0.4) is 0 Å². The molecule has 2 atom stereocenters. The van der Waals surface area contributed by atoms with Crippen molar-refractivity contribution in [1.29, 1.82) is 0 Å². The summed E-state index contributed by atoms with van der Waals surface area (Å²) in [6.07, 6.45) is -1.02. The van der Waals surface area contributed by atoms with Crippen molar-refractivity contribution in [1.82, 2.24) is 4.90 Å². The van der Waals surface area contributed by atoms with Crippen molar-refractivity contribution < 1.29 is 19.4 Å². The summed E-state index contributed by atoms with van der Waals surface area (Å²) in [6.45, 7) is 4.35. The zero-order valence-electron chi connectivity index (χ0n) is 11.2. The summed E-state index contributed by atoms with van der Waals surface area (Å²) in [5.41, 5.74) is 0. The number of rotatable bonds is 4. The summed E-state index contributed by atoms with van der Waals surface area (Å²) >= 11 is 4.79. The van der Waals surface area contributed by atoms with Crippen LogP contribution in [0.15, 0.2) is 15.9 Å². The Labute approximate surface area is 129 Å². The van der Waals surface area contributed by atoms with Crippen molar-refractivity contribution in [3.05, 3.63) is 20.8 Å². The molecule has 1 aliphatic rings. The standard InChI is InChI=1S/C13H16BrNO4S/c1-7(2)4-15-10(16)5-19-12(13(17)18)11(15)9-3-8(14)6-20-9/h3,6-7,11-12H,4-5H2,1-2H3,(H,17,18). The number of nitrogens with zero attached hydrogens (tertiary/aromatic N) is 1. The number of halogens is 1. The van der Waals surface area contributed by atoms with Gasteiger partial charge in [-0.15, -0.1) is 11.3 Å². The fourth-order valence-electron chi connectivity index (χ4n) is 2.25. The van der Waals surface area contributed by atoms with Gasteiger partial charge in [-0.2, -0.15) is 0 Å². The summed E-state index contributed by atoms with van der Waals surface area (Å²) in [4.78, 5) is 25.9. The Morgan fingerprint density at radius 3 is 2.85 bits per heavy atom. The van der Waals surface area contributed by atoms with Gasteiger partial charge in [0.15, 0.2) is 6.10 Å². The Hall–Kier alpha value is -0.920. The number of hydrogen-bond donors (Lipinski definition) is 1. The topological polar surface area (TPSA) is 66.8 Å². The molecule has 7 heteroatoms. The minimum absolute atomic E-state index is 0.161. The molecule has 0 aromatic carbocycles. The lowest BCUT2D eigenvalue weighted by Gasteiger charge is -2.39. The Bertz CT molecular complexity index is 516. The van der Waals surface area contributed by atoms with Gasteiger partial charge in [0.1, 0.15) is 12.6 Å². The number of carboxylic acid groups (broad SMARTS) is 1. The van der Waals surface area contributed by atoms with Gasteiger partial charge in [0.05, 0.1) is 0 Å². The fraction of sp³-hybridized carbons (Fsp3) is 0.538. The van der Waals surface area contributed by atoms with Gasteiger partial charge in [-0.1, -0.05) is 13.8 Å². The maximum absolute atomic E-state index is 12.1. The summed E-state index contributed by atoms with van der Waals surface area (Å²) in [6, 6.07) is 1.29. The van der Waals surface area contributed by atoms with Crippen LogP contribution in [0, 0.1) is 5.92 Å². The number of amides is 1. The van der Waals surface area contributed by atoms with Gasteiger partial charge in [-0.25, -0.2) is 4.79 Å². The van der Waals surface area contributed by atoms with Gasteiger partial charge in [-0.05, 0) is 27.9 Å². The molecule has 1 saturated heterocycles. The first-order chi connectivity index (χ1) is 9.40. The lowest BCUT2D eigenvalue weighted by atomic mass is 10.0. The Morgan fingerprint density at radius 1 is 1.65 bits per heavy atom. The molecule has 5 nitrogen and oxygen atoms in total. The second-order valence-corrected chi connectivity index (χ2v) is 6.98. The highest BCUT2D eigenvalue weighted by Crippen LogP contribution is 2.36. The van der Waals surface area contributed by atoms with Gasteiger partial charge in [0.2, 0.25) is 5.91 Å². The maximum Gasteiger partial charge on any atom is 0.335 e. The van der Waals surface area contributed by atoms with E-state index in [2.05, 4.69) is 15.9 Å². The second-order valence-electron chi connectivity index (χ2n) is 5.12. The molecule has 1 N–H and O–H groups in total. The molecule has 1 amide bonds. The molecule has 1 aromatic heterocycles. The van der Waals surface area contributed by atoms with E-state index in [0.717, 1.165) is 9.35 Å². The molecule has 0 aliphatic carbocycles. The van der Waals surface area contributed by atoms with Crippen molar-refractivity contribution in [3.8, 4) is 0 Å². The Morgan fingerprint density at radius 2 is 2.35 bits per heavy atom. The second kappa shape index (κ2) is 6.24. The predicted octanol–water partition coefficient (Wildman–Crippen LogP) is 2.52. The van der Waals surface area contributed by atoms with E-state index in [-0.39, 0.29) is 18.4 Å². The van der Waals surface area contributed by atoms with Gasteiger partial charge < -0.3 is 14.7 Å². The van der Waals surface area contributed by atoms with Crippen LogP contribution < -0.4 is 0 Å². The number of carbonyl (C=O) groups is 2. The normalized spacial score (nSPS) is 23.4. The Balaban J connectivity index is 2.38. The molecule has 20 heavy (non-hydrogen) atoms. The van der Waals surface area contributed by atoms with Gasteiger partial charge in [-0.3, -0.25) is 4.79 Å². The van der Waals surface area contributed by atoms with Gasteiger partial charge >= 0.3 is 5.97 Å². The van der Waals surface area contributed by atoms with Crippen molar-refractivity contribution in [3.63, 3.8) is 0 Å². The predicted molar refractivity (Wildman–Crippen MR) is 78.7 cm³/mol. The summed E-state index contributed by atoms with van der Waals surface area (Å²) < 4.78 is 6.12. The van der Waals surface area contributed by atoms with E-state index in [1.807, 2.05) is 25.3 Å². The molecule has 2 rings (SSSR count). The van der Waals surface area contributed by atoms with E-state index in [0.29, 0.717) is 6.54 Å². The van der Waals surface area contributed by atoms with Crippen LogP contribution in [-0.4, -0.2) is 41.1 Å². The average Bonchev–Trinajstić information content (AvgIpc) is 2.77. The highest BCUT2D eigenvalue weighted by atomic mass is 79.9. The van der Waals surface area contributed by atoms with Crippen molar-refractivity contribution in [2.24, 2.45) is 5.92 Å². The first kappa shape index (κ1) is 15.5. The Kier molecular flexibility index (Phi) is 4.82. The average molecular weight is 362 g/mol. The zero-order valence-corrected chi connectivity index (χ0v) is 13.6. The van der Waals surface area contributed by atoms with Crippen molar-refractivity contribution in [2.45, 2.75) is 26.0 Å². The molecule has 0 bridgehead atoms. The minimum atomic E-state index is -1.04. The first-order valence-corrected chi connectivity index (χ1v) is 7.95. The van der Waals surface area contributed by atoms with E-state index < -0.39 is 18.1 Å². The number of carbonyl (C=O) groups excluding carboxylic acids is 1. The highest BCUT2D eigenvalue weighted by Gasteiger charge is 2.42. The molecule has 0 spiro atoms. The van der Waals surface area contributed by atoms with Crippen LogP contribution >= 0.6 is 27.3 Å². The molecule has 0 saturated carbocycles. The summed E-state index contributed by atoms with van der Waals surface area (Å²) in [7, 11) is 0. The smallest absolute Gasteiger partial charge is 0.335 e. The molecule has 110 valence electrons. The van der Waals surface area contributed by atoms with Crippen molar-refractivity contribution in [2.75, 3.05) is 13.2 Å². The van der Waals surface area contributed by atoms with Crippen LogP contribution in [0.2, 0.25) is 0 Å². The number of aliphatic carboxylic acids is 1. The molecule has 0 radical (unpaired) electrons. The number of morpholine rings is 1. The van der Waals surface area contributed by atoms with E-state index in [9.17, 15) is 14.7 Å². The highest BCUT2D eigenvalue weighted by molar-refractivity contribution is 9.10. The summed E-state index contributed by atoms with van der Waals surface area (Å²) in [5.74, 6) is -0.941. The quantitative estimate of drug-likeness (QED) is 0.894. The first-order valence-electron chi connectivity index (χ1n) is 6.28. The lowest BCUT2D eigenvalue weighted by molar-refractivity contribution is -0.173. The number of thiophene rings is 1. The molecular weight excluding hydrogens is 346 g/mol. The number of carboxylic acids is 1. The van der Waals surface area contributed by atoms with E-state index in [1.54, 1.807) is 4.90 Å². The minimum Gasteiger partial charge on any atom is -0.479 e. The number of hydrogen-bond acceptors (Lipinski definition) is 4. The van der Waals surface area contributed by atoms with Crippen LogP contribution in [0.1, 0.15) is 24.8 Å². The third-order valence-electron chi connectivity index (χ3n) is 3.01. The third kappa shape index (κ3) is 3.21. The summed E-state index contributed by atoms with van der Waals surface area (Å²) in [5, 5.41) is 11.2. The van der Waals surface area contributed by atoms with Crippen LogP contribution in [0.25, 0.3) is 0 Å². The van der Waals surface area contributed by atoms with Gasteiger partial charge in [0, 0.05) is 21.3 Å². The molecule has 2 unspecified atom stereocenters. The molecule has 2 heterocycles. The largest absolute Gasteiger partial charge is 0.479 e. The van der Waals surface area contributed by atoms with Crippen LogP contribution in [-0.2, 0) is 14.3 Å². The maximum atomic E-state index is 12.1. The fourth-order valence-corrected chi connectivity index (χ4v) is 3.84. The monoisotopic (exact) mass is 361 g/mol.